The zero-order valence-corrected chi connectivity index (χ0v) is 15.7. The first kappa shape index (κ1) is 18.9. The maximum atomic E-state index is 12.5. The third-order valence-corrected chi connectivity index (χ3v) is 4.24. The minimum atomic E-state index is -0.727. The molecule has 1 heterocycles. The standard InChI is InChI=1S/C19H14Cl2N2O4/c1-11-17(18(23-27-11)14-4-2-3-5-15(14)21)19(25)26-10-16(24)22-13-8-6-12(20)7-9-13/h2-9H,10H2,1H3,(H,22,24). The van der Waals surface area contributed by atoms with E-state index in [9.17, 15) is 9.59 Å². The number of hydrogen-bond donors (Lipinski definition) is 1. The van der Waals surface area contributed by atoms with E-state index in [0.29, 0.717) is 21.3 Å². The number of aryl methyl sites for hydroxylation is 1. The quantitative estimate of drug-likeness (QED) is 0.620. The number of amides is 1. The summed E-state index contributed by atoms with van der Waals surface area (Å²) in [7, 11) is 0. The Morgan fingerprint density at radius 3 is 2.52 bits per heavy atom. The fraction of sp³-hybridized carbons (Fsp3) is 0.105. The highest BCUT2D eigenvalue weighted by molar-refractivity contribution is 6.33. The van der Waals surface area contributed by atoms with Gasteiger partial charge in [-0.3, -0.25) is 4.79 Å². The molecule has 8 heteroatoms. The second kappa shape index (κ2) is 8.24. The maximum absolute atomic E-state index is 12.5. The van der Waals surface area contributed by atoms with Crippen LogP contribution in [-0.2, 0) is 9.53 Å². The fourth-order valence-electron chi connectivity index (χ4n) is 2.38. The van der Waals surface area contributed by atoms with Gasteiger partial charge in [0.1, 0.15) is 17.0 Å². The van der Waals surface area contributed by atoms with Crippen molar-refractivity contribution in [1.29, 1.82) is 0 Å². The van der Waals surface area contributed by atoms with Crippen molar-refractivity contribution >= 4 is 40.8 Å². The monoisotopic (exact) mass is 404 g/mol. The van der Waals surface area contributed by atoms with Crippen molar-refractivity contribution in [3.63, 3.8) is 0 Å². The second-order valence-corrected chi connectivity index (χ2v) is 6.42. The average molecular weight is 405 g/mol. The number of halogens is 2. The summed E-state index contributed by atoms with van der Waals surface area (Å²) in [5.74, 6) is -0.943. The number of carbonyl (C=O) groups excluding carboxylic acids is 2. The molecular formula is C19H14Cl2N2O4. The van der Waals surface area contributed by atoms with Crippen LogP contribution < -0.4 is 5.32 Å². The smallest absolute Gasteiger partial charge is 0.344 e. The van der Waals surface area contributed by atoms with E-state index in [0.717, 1.165) is 0 Å². The average Bonchev–Trinajstić information content (AvgIpc) is 3.03. The van der Waals surface area contributed by atoms with Crippen LogP contribution in [0.3, 0.4) is 0 Å². The van der Waals surface area contributed by atoms with Gasteiger partial charge in [0.25, 0.3) is 5.91 Å². The number of hydrogen-bond acceptors (Lipinski definition) is 5. The van der Waals surface area contributed by atoms with Crippen LogP contribution in [0.15, 0.2) is 53.1 Å². The lowest BCUT2D eigenvalue weighted by atomic mass is 10.1. The number of carbonyl (C=O) groups is 2. The van der Waals surface area contributed by atoms with E-state index < -0.39 is 18.5 Å². The van der Waals surface area contributed by atoms with Crippen LogP contribution in [0.25, 0.3) is 11.3 Å². The number of rotatable bonds is 5. The molecule has 0 saturated heterocycles. The fourth-order valence-corrected chi connectivity index (χ4v) is 2.73. The Hall–Kier alpha value is -2.83. The molecule has 6 nitrogen and oxygen atoms in total. The molecular weight excluding hydrogens is 391 g/mol. The van der Waals surface area contributed by atoms with Gasteiger partial charge in [-0.1, -0.05) is 46.6 Å². The molecule has 1 N–H and O–H groups in total. The van der Waals surface area contributed by atoms with Crippen LogP contribution >= 0.6 is 23.2 Å². The van der Waals surface area contributed by atoms with Crippen molar-refractivity contribution in [2.45, 2.75) is 6.92 Å². The first-order chi connectivity index (χ1) is 13.0. The van der Waals surface area contributed by atoms with Crippen LogP contribution in [0, 0.1) is 6.92 Å². The van der Waals surface area contributed by atoms with Gasteiger partial charge in [-0.2, -0.15) is 0 Å². The first-order valence-electron chi connectivity index (χ1n) is 7.89. The summed E-state index contributed by atoms with van der Waals surface area (Å²) in [6, 6.07) is 13.5. The van der Waals surface area contributed by atoms with Gasteiger partial charge in [0.2, 0.25) is 0 Å². The Morgan fingerprint density at radius 1 is 1.11 bits per heavy atom. The highest BCUT2D eigenvalue weighted by Crippen LogP contribution is 2.31. The molecule has 138 valence electrons. The van der Waals surface area contributed by atoms with Gasteiger partial charge in [-0.25, -0.2) is 4.79 Å². The maximum Gasteiger partial charge on any atom is 0.344 e. The van der Waals surface area contributed by atoms with E-state index >= 15 is 0 Å². The van der Waals surface area contributed by atoms with Gasteiger partial charge < -0.3 is 14.6 Å². The summed E-state index contributed by atoms with van der Waals surface area (Å²) in [6.45, 7) is 1.12. The molecule has 0 aliphatic rings. The van der Waals surface area contributed by atoms with Crippen molar-refractivity contribution in [3.8, 4) is 11.3 Å². The molecule has 1 aromatic heterocycles. The number of ether oxygens (including phenoxy) is 1. The predicted molar refractivity (Wildman–Crippen MR) is 102 cm³/mol. The number of benzene rings is 2. The summed E-state index contributed by atoms with van der Waals surface area (Å²) >= 11 is 12.0. The lowest BCUT2D eigenvalue weighted by Crippen LogP contribution is -2.21. The second-order valence-electron chi connectivity index (χ2n) is 5.57. The zero-order valence-electron chi connectivity index (χ0n) is 14.2. The molecule has 0 unspecified atom stereocenters. The van der Waals surface area contributed by atoms with Crippen LogP contribution in [-0.4, -0.2) is 23.6 Å². The number of nitrogens with zero attached hydrogens (tertiary/aromatic N) is 1. The highest BCUT2D eigenvalue weighted by atomic mass is 35.5. The molecule has 0 radical (unpaired) electrons. The van der Waals surface area contributed by atoms with Crippen molar-refractivity contribution < 1.29 is 18.8 Å². The van der Waals surface area contributed by atoms with Gasteiger partial charge in [0.15, 0.2) is 6.61 Å². The summed E-state index contributed by atoms with van der Waals surface area (Å²) < 4.78 is 10.2. The molecule has 1 amide bonds. The normalized spacial score (nSPS) is 10.5. The van der Waals surface area contributed by atoms with Crippen molar-refractivity contribution in [2.75, 3.05) is 11.9 Å². The molecule has 3 rings (SSSR count). The molecule has 0 saturated carbocycles. The molecule has 0 atom stereocenters. The molecule has 0 bridgehead atoms. The van der Waals surface area contributed by atoms with Gasteiger partial charge in [0.05, 0.1) is 5.02 Å². The Labute approximate surface area is 165 Å². The van der Waals surface area contributed by atoms with Crippen LogP contribution in [0.4, 0.5) is 5.69 Å². The van der Waals surface area contributed by atoms with E-state index in [4.69, 9.17) is 32.5 Å². The highest BCUT2D eigenvalue weighted by Gasteiger charge is 2.24. The lowest BCUT2D eigenvalue weighted by Gasteiger charge is -2.07. The Morgan fingerprint density at radius 2 is 1.81 bits per heavy atom. The SMILES string of the molecule is Cc1onc(-c2ccccc2Cl)c1C(=O)OCC(=O)Nc1ccc(Cl)cc1. The van der Waals surface area contributed by atoms with Crippen molar-refractivity contribution in [2.24, 2.45) is 0 Å². The number of esters is 1. The summed E-state index contributed by atoms with van der Waals surface area (Å²) in [4.78, 5) is 24.5. The zero-order chi connectivity index (χ0) is 19.4. The lowest BCUT2D eigenvalue weighted by molar-refractivity contribution is -0.119. The number of anilines is 1. The summed E-state index contributed by atoms with van der Waals surface area (Å²) in [6.07, 6.45) is 0. The molecule has 0 aliphatic carbocycles. The molecule has 0 aliphatic heterocycles. The van der Waals surface area contributed by atoms with E-state index in [2.05, 4.69) is 10.5 Å². The van der Waals surface area contributed by atoms with E-state index in [1.165, 1.54) is 0 Å². The summed E-state index contributed by atoms with van der Waals surface area (Å²) in [5.41, 5.74) is 1.47. The third-order valence-electron chi connectivity index (χ3n) is 3.66. The number of aromatic nitrogens is 1. The van der Waals surface area contributed by atoms with Crippen molar-refractivity contribution in [1.82, 2.24) is 5.16 Å². The minimum Gasteiger partial charge on any atom is -0.452 e. The molecule has 3 aromatic rings. The van der Waals surface area contributed by atoms with E-state index in [1.54, 1.807) is 55.5 Å². The van der Waals surface area contributed by atoms with Crippen molar-refractivity contribution in [3.05, 3.63) is 69.9 Å². The predicted octanol–water partition coefficient (Wildman–Crippen LogP) is 4.75. The molecule has 27 heavy (non-hydrogen) atoms. The number of nitrogens with one attached hydrogen (secondary N) is 1. The summed E-state index contributed by atoms with van der Waals surface area (Å²) in [5, 5.41) is 7.47. The van der Waals surface area contributed by atoms with E-state index in [1.807, 2.05) is 0 Å². The van der Waals surface area contributed by atoms with Gasteiger partial charge in [-0.05, 0) is 37.3 Å². The minimum absolute atomic E-state index is 0.127. The first-order valence-corrected chi connectivity index (χ1v) is 8.65. The van der Waals surface area contributed by atoms with Gasteiger partial charge >= 0.3 is 5.97 Å². The van der Waals surface area contributed by atoms with Gasteiger partial charge in [0, 0.05) is 16.3 Å². The molecule has 2 aromatic carbocycles. The van der Waals surface area contributed by atoms with Crippen LogP contribution in [0.2, 0.25) is 10.0 Å². The largest absolute Gasteiger partial charge is 0.452 e. The van der Waals surface area contributed by atoms with Crippen LogP contribution in [0.1, 0.15) is 16.1 Å². The molecule has 0 spiro atoms. The third kappa shape index (κ3) is 4.48. The Bertz CT molecular complexity index is 984. The van der Waals surface area contributed by atoms with Crippen LogP contribution in [0.5, 0.6) is 0 Å². The molecule has 0 fully saturated rings. The topological polar surface area (TPSA) is 81.4 Å². The Kier molecular flexibility index (Phi) is 5.78. The van der Waals surface area contributed by atoms with E-state index in [-0.39, 0.29) is 17.0 Å². The Balaban J connectivity index is 1.70. The van der Waals surface area contributed by atoms with Gasteiger partial charge in [-0.15, -0.1) is 0 Å².